The van der Waals surface area contributed by atoms with Crippen LogP contribution < -0.4 is 16.5 Å². The van der Waals surface area contributed by atoms with Gasteiger partial charge in [0.2, 0.25) is 0 Å². The monoisotopic (exact) mass is 341 g/mol. The van der Waals surface area contributed by atoms with Crippen molar-refractivity contribution < 1.29 is 0 Å². The number of nitrogens with one attached hydrogen (secondary N) is 2. The Hall–Kier alpha value is -2.38. The van der Waals surface area contributed by atoms with E-state index in [2.05, 4.69) is 63.6 Å². The fraction of sp³-hybridized carbons (Fsp3) is 0.444. The molecule has 2 aromatic rings. The molecule has 7 heteroatoms. The van der Waals surface area contributed by atoms with Gasteiger partial charge in [-0.25, -0.2) is 15.0 Å². The van der Waals surface area contributed by atoms with Gasteiger partial charge < -0.3 is 21.4 Å². The smallest absolute Gasteiger partial charge is 0.169 e. The summed E-state index contributed by atoms with van der Waals surface area (Å²) in [5, 5.41) is 5.42. The normalized spacial score (nSPS) is 16.2. The Morgan fingerprint density at radius 3 is 2.28 bits per heavy atom. The Labute approximate surface area is 149 Å². The number of nitrogen functional groups attached to an aromatic ring is 1. The molecule has 4 N–H and O–H groups in total. The summed E-state index contributed by atoms with van der Waals surface area (Å²) in [6.07, 6.45) is 1.53. The van der Waals surface area contributed by atoms with E-state index in [1.165, 1.54) is 11.9 Å². The second kappa shape index (κ2) is 7.67. The van der Waals surface area contributed by atoms with Gasteiger partial charge >= 0.3 is 0 Å². The quantitative estimate of drug-likeness (QED) is 0.771. The molecule has 0 saturated carbocycles. The number of hydrogen-bond acceptors (Lipinski definition) is 7. The molecular weight excluding hydrogens is 314 g/mol. The maximum absolute atomic E-state index is 6.27. The molecule has 0 bridgehead atoms. The molecule has 134 valence electrons. The third-order valence-electron chi connectivity index (χ3n) is 4.49. The summed E-state index contributed by atoms with van der Waals surface area (Å²) in [6.45, 7) is 8.26. The van der Waals surface area contributed by atoms with Crippen molar-refractivity contribution in [2.45, 2.75) is 19.8 Å². The lowest BCUT2D eigenvalue weighted by molar-refractivity contribution is 0.178. The highest BCUT2D eigenvalue weighted by atomic mass is 15.5. The van der Waals surface area contributed by atoms with Crippen molar-refractivity contribution in [1.82, 2.24) is 19.9 Å². The zero-order valence-corrected chi connectivity index (χ0v) is 15.2. The lowest BCUT2D eigenvalue weighted by Gasteiger charge is -2.32. The predicted octanol–water partition coefficient (Wildman–Crippen LogP) is 2.50. The Bertz CT molecular complexity index is 691. The summed E-state index contributed by atoms with van der Waals surface area (Å²) in [6, 6.07) is 8.33. The molecule has 7 nitrogen and oxygen atoms in total. The van der Waals surface area contributed by atoms with Crippen LogP contribution in [0.2, 0.25) is 0 Å². The minimum atomic E-state index is 0.512. The lowest BCUT2D eigenvalue weighted by Crippen LogP contribution is -2.47. The number of benzene rings is 1. The van der Waals surface area contributed by atoms with Crippen molar-refractivity contribution in [1.29, 1.82) is 0 Å². The average Bonchev–Trinajstić information content (AvgIpc) is 2.61. The fourth-order valence-corrected chi connectivity index (χ4v) is 2.74. The number of piperazine rings is 1. The molecule has 0 aliphatic carbocycles. The van der Waals surface area contributed by atoms with E-state index >= 15 is 0 Å². The lowest BCUT2D eigenvalue weighted by atomic mass is 10.0. The van der Waals surface area contributed by atoms with Crippen LogP contribution in [0.1, 0.15) is 25.3 Å². The Morgan fingerprint density at radius 1 is 1.00 bits per heavy atom. The van der Waals surface area contributed by atoms with Gasteiger partial charge in [-0.3, -0.25) is 0 Å². The number of nitrogens with zero attached hydrogens (tertiary/aromatic N) is 4. The summed E-state index contributed by atoms with van der Waals surface area (Å²) in [5.74, 6) is 1.77. The largest absolute Gasteiger partial charge is 0.393 e. The van der Waals surface area contributed by atoms with Gasteiger partial charge in [0.15, 0.2) is 11.6 Å². The predicted molar refractivity (Wildman–Crippen MR) is 103 cm³/mol. The van der Waals surface area contributed by atoms with E-state index in [4.69, 9.17) is 5.73 Å². The summed E-state index contributed by atoms with van der Waals surface area (Å²) in [5.41, 5.74) is 12.4. The zero-order valence-electron chi connectivity index (χ0n) is 15.2. The molecule has 1 aromatic carbocycles. The molecule has 1 aliphatic rings. The summed E-state index contributed by atoms with van der Waals surface area (Å²) < 4.78 is 0. The molecule has 0 amide bonds. The summed E-state index contributed by atoms with van der Waals surface area (Å²) in [7, 11) is 2.13. The van der Waals surface area contributed by atoms with Crippen molar-refractivity contribution in [3.8, 4) is 0 Å². The third kappa shape index (κ3) is 4.37. The van der Waals surface area contributed by atoms with E-state index in [-0.39, 0.29) is 0 Å². The molecule has 0 atom stereocenters. The van der Waals surface area contributed by atoms with Crippen molar-refractivity contribution in [3.05, 3.63) is 36.2 Å². The molecule has 1 aliphatic heterocycles. The van der Waals surface area contributed by atoms with Gasteiger partial charge in [0, 0.05) is 31.9 Å². The average molecular weight is 341 g/mol. The van der Waals surface area contributed by atoms with Crippen LogP contribution in [0, 0.1) is 0 Å². The van der Waals surface area contributed by atoms with Crippen LogP contribution in [-0.2, 0) is 0 Å². The summed E-state index contributed by atoms with van der Waals surface area (Å²) in [4.78, 5) is 10.9. The molecule has 2 heterocycles. The third-order valence-corrected chi connectivity index (χ3v) is 4.49. The zero-order chi connectivity index (χ0) is 17.8. The number of likely N-dealkylation sites (N-methyl/N-ethyl adjacent to an activating group) is 1. The molecule has 0 unspecified atom stereocenters. The minimum Gasteiger partial charge on any atom is -0.393 e. The Kier molecular flexibility index (Phi) is 5.35. The van der Waals surface area contributed by atoms with E-state index in [0.29, 0.717) is 23.2 Å². The highest BCUT2D eigenvalue weighted by molar-refractivity contribution is 5.77. The van der Waals surface area contributed by atoms with Crippen molar-refractivity contribution >= 4 is 23.0 Å². The first-order valence-corrected chi connectivity index (χ1v) is 8.70. The van der Waals surface area contributed by atoms with E-state index in [0.717, 1.165) is 31.9 Å². The van der Waals surface area contributed by atoms with Gasteiger partial charge in [0.1, 0.15) is 12.0 Å². The van der Waals surface area contributed by atoms with Crippen LogP contribution in [0.3, 0.4) is 0 Å². The van der Waals surface area contributed by atoms with Crippen LogP contribution in [0.4, 0.5) is 23.0 Å². The molecule has 0 radical (unpaired) electrons. The van der Waals surface area contributed by atoms with E-state index in [9.17, 15) is 0 Å². The molecule has 1 fully saturated rings. The fourth-order valence-electron chi connectivity index (χ4n) is 2.74. The topological polar surface area (TPSA) is 82.3 Å². The van der Waals surface area contributed by atoms with Crippen LogP contribution in [-0.4, -0.2) is 53.1 Å². The standard InChI is InChI=1S/C18H27N7/c1-13(2)14-4-6-15(7-5-14)22-17-16(19)18(21-12-20-17)23-25-10-8-24(3)9-11-25/h4-7,12-13H,8-11,19H2,1-3H3,(H2,20,21,22,23). The molecular formula is C18H27N7. The van der Waals surface area contributed by atoms with Gasteiger partial charge in [0.05, 0.1) is 0 Å². The molecule has 25 heavy (non-hydrogen) atoms. The van der Waals surface area contributed by atoms with E-state index in [1.54, 1.807) is 0 Å². The number of hydrazine groups is 1. The van der Waals surface area contributed by atoms with E-state index < -0.39 is 0 Å². The number of aromatic nitrogens is 2. The van der Waals surface area contributed by atoms with Gasteiger partial charge in [-0.2, -0.15) is 0 Å². The first-order chi connectivity index (χ1) is 12.0. The van der Waals surface area contributed by atoms with Crippen LogP contribution >= 0.6 is 0 Å². The summed E-state index contributed by atoms with van der Waals surface area (Å²) >= 11 is 0. The van der Waals surface area contributed by atoms with Crippen LogP contribution in [0.25, 0.3) is 0 Å². The van der Waals surface area contributed by atoms with Crippen molar-refractivity contribution in [2.75, 3.05) is 49.7 Å². The highest BCUT2D eigenvalue weighted by Gasteiger charge is 2.16. The highest BCUT2D eigenvalue weighted by Crippen LogP contribution is 2.27. The van der Waals surface area contributed by atoms with Gasteiger partial charge in [-0.05, 0) is 30.7 Å². The number of nitrogens with two attached hydrogens (primary N) is 1. The van der Waals surface area contributed by atoms with E-state index in [1.807, 2.05) is 12.1 Å². The van der Waals surface area contributed by atoms with Gasteiger partial charge in [0.25, 0.3) is 0 Å². The molecule has 0 spiro atoms. The maximum atomic E-state index is 6.27. The number of hydrogen-bond donors (Lipinski definition) is 3. The minimum absolute atomic E-state index is 0.512. The van der Waals surface area contributed by atoms with Crippen molar-refractivity contribution in [2.24, 2.45) is 0 Å². The first-order valence-electron chi connectivity index (χ1n) is 8.70. The number of anilines is 4. The Morgan fingerprint density at radius 2 is 1.64 bits per heavy atom. The van der Waals surface area contributed by atoms with Crippen LogP contribution in [0.15, 0.2) is 30.6 Å². The SMILES string of the molecule is CC(C)c1ccc(Nc2ncnc(NN3CCN(C)CC3)c2N)cc1. The Balaban J connectivity index is 1.70. The number of rotatable bonds is 5. The van der Waals surface area contributed by atoms with Gasteiger partial charge in [-0.1, -0.05) is 26.0 Å². The second-order valence-electron chi connectivity index (χ2n) is 6.79. The van der Waals surface area contributed by atoms with Crippen molar-refractivity contribution in [3.63, 3.8) is 0 Å². The van der Waals surface area contributed by atoms with Gasteiger partial charge in [-0.15, -0.1) is 0 Å². The van der Waals surface area contributed by atoms with Crippen LogP contribution in [0.5, 0.6) is 0 Å². The molecule has 1 aromatic heterocycles. The second-order valence-corrected chi connectivity index (χ2v) is 6.79. The molecule has 1 saturated heterocycles. The maximum Gasteiger partial charge on any atom is 0.169 e. The first kappa shape index (κ1) is 17.4. The molecule has 3 rings (SSSR count).